The van der Waals surface area contributed by atoms with Crippen LogP contribution in [0.15, 0.2) is 43.0 Å². The highest BCUT2D eigenvalue weighted by Gasteiger charge is 2.34. The topological polar surface area (TPSA) is 76.5 Å². The molecule has 1 aliphatic rings. The fourth-order valence-corrected chi connectivity index (χ4v) is 2.93. The summed E-state index contributed by atoms with van der Waals surface area (Å²) >= 11 is 0. The average molecular weight is 342 g/mol. The lowest BCUT2D eigenvalue weighted by molar-refractivity contribution is -0.126. The fraction of sp³-hybridized carbons (Fsp3) is 0.389. The van der Waals surface area contributed by atoms with E-state index in [1.165, 1.54) is 0 Å². The Bertz CT molecular complexity index is 712. The third kappa shape index (κ3) is 4.17. The molecule has 1 fully saturated rings. The Labute approximate surface area is 146 Å². The molecule has 1 aliphatic heterocycles. The van der Waals surface area contributed by atoms with E-state index in [0.717, 1.165) is 24.4 Å². The minimum absolute atomic E-state index is 0.0243. The molecule has 1 aromatic carbocycles. The van der Waals surface area contributed by atoms with Gasteiger partial charge in [0.25, 0.3) is 0 Å². The summed E-state index contributed by atoms with van der Waals surface area (Å²) < 4.78 is 7.10. The number of imidazole rings is 1. The predicted molar refractivity (Wildman–Crippen MR) is 93.3 cm³/mol. The number of benzene rings is 1. The van der Waals surface area contributed by atoms with Crippen LogP contribution in [-0.4, -0.2) is 41.6 Å². The Morgan fingerprint density at radius 3 is 2.84 bits per heavy atom. The van der Waals surface area contributed by atoms with E-state index in [2.05, 4.69) is 10.3 Å². The minimum Gasteiger partial charge on any atom is -0.497 e. The third-order valence-corrected chi connectivity index (χ3v) is 4.33. The number of anilines is 1. The van der Waals surface area contributed by atoms with Crippen LogP contribution < -0.4 is 15.0 Å². The van der Waals surface area contributed by atoms with Gasteiger partial charge in [-0.3, -0.25) is 9.59 Å². The largest absolute Gasteiger partial charge is 0.497 e. The summed E-state index contributed by atoms with van der Waals surface area (Å²) in [5.41, 5.74) is 0.793. The first kappa shape index (κ1) is 17.0. The van der Waals surface area contributed by atoms with Gasteiger partial charge in [0.2, 0.25) is 11.8 Å². The van der Waals surface area contributed by atoms with Gasteiger partial charge < -0.3 is 19.5 Å². The number of nitrogens with zero attached hydrogens (tertiary/aromatic N) is 3. The maximum Gasteiger partial charge on any atom is 0.227 e. The molecule has 2 amide bonds. The molecule has 1 saturated heterocycles. The first-order chi connectivity index (χ1) is 12.2. The number of amides is 2. The normalized spacial score (nSPS) is 16.9. The summed E-state index contributed by atoms with van der Waals surface area (Å²) in [4.78, 5) is 30.2. The molecule has 7 nitrogen and oxygen atoms in total. The number of ether oxygens (including phenoxy) is 1. The highest BCUT2D eigenvalue weighted by atomic mass is 16.5. The first-order valence-electron chi connectivity index (χ1n) is 8.35. The zero-order chi connectivity index (χ0) is 17.6. The van der Waals surface area contributed by atoms with Crippen LogP contribution in [-0.2, 0) is 16.1 Å². The van der Waals surface area contributed by atoms with Gasteiger partial charge in [0.1, 0.15) is 5.75 Å². The molecule has 1 aromatic heterocycles. The second-order valence-corrected chi connectivity index (χ2v) is 6.05. The summed E-state index contributed by atoms with van der Waals surface area (Å²) in [6, 6.07) is 7.29. The molecule has 7 heteroatoms. The number of carbonyl (C=O) groups excluding carboxylic acids is 2. The van der Waals surface area contributed by atoms with Crippen LogP contribution >= 0.6 is 0 Å². The number of nitrogens with one attached hydrogen (secondary N) is 1. The quantitative estimate of drug-likeness (QED) is 0.773. The molecule has 0 unspecified atom stereocenters. The van der Waals surface area contributed by atoms with Gasteiger partial charge in [-0.2, -0.15) is 0 Å². The van der Waals surface area contributed by atoms with Crippen molar-refractivity contribution in [1.82, 2.24) is 14.9 Å². The Hall–Kier alpha value is -2.83. The molecule has 0 spiro atoms. The van der Waals surface area contributed by atoms with Crippen LogP contribution in [0.4, 0.5) is 5.69 Å². The summed E-state index contributed by atoms with van der Waals surface area (Å²) in [7, 11) is 1.60. The number of hydrogen-bond donors (Lipinski definition) is 1. The molecule has 3 rings (SSSR count). The lowest BCUT2D eigenvalue weighted by Crippen LogP contribution is -2.33. The molecule has 2 aromatic rings. The van der Waals surface area contributed by atoms with Gasteiger partial charge in [-0.15, -0.1) is 0 Å². The van der Waals surface area contributed by atoms with Crippen molar-refractivity contribution in [3.63, 3.8) is 0 Å². The van der Waals surface area contributed by atoms with Crippen molar-refractivity contribution in [3.8, 4) is 5.75 Å². The van der Waals surface area contributed by atoms with Gasteiger partial charge in [-0.1, -0.05) is 0 Å². The van der Waals surface area contributed by atoms with E-state index in [9.17, 15) is 9.59 Å². The minimum atomic E-state index is -0.303. The van der Waals surface area contributed by atoms with Crippen LogP contribution in [0.2, 0.25) is 0 Å². The lowest BCUT2D eigenvalue weighted by atomic mass is 10.1. The van der Waals surface area contributed by atoms with Crippen molar-refractivity contribution in [3.05, 3.63) is 43.0 Å². The third-order valence-electron chi connectivity index (χ3n) is 4.33. The number of rotatable bonds is 7. The smallest absolute Gasteiger partial charge is 0.227 e. The second-order valence-electron chi connectivity index (χ2n) is 6.05. The molecule has 1 atom stereocenters. The van der Waals surface area contributed by atoms with Gasteiger partial charge in [-0.25, -0.2) is 4.98 Å². The van der Waals surface area contributed by atoms with Crippen molar-refractivity contribution in [2.45, 2.75) is 19.4 Å². The van der Waals surface area contributed by atoms with E-state index >= 15 is 0 Å². The molecular weight excluding hydrogens is 320 g/mol. The van der Waals surface area contributed by atoms with Gasteiger partial charge >= 0.3 is 0 Å². The number of aryl methyl sites for hydroxylation is 1. The molecule has 25 heavy (non-hydrogen) atoms. The molecular formula is C18H22N4O3. The van der Waals surface area contributed by atoms with E-state index < -0.39 is 0 Å². The maximum absolute atomic E-state index is 12.3. The van der Waals surface area contributed by atoms with Crippen LogP contribution in [0.5, 0.6) is 5.75 Å². The first-order valence-corrected chi connectivity index (χ1v) is 8.35. The summed E-state index contributed by atoms with van der Waals surface area (Å²) in [6.07, 6.45) is 6.45. The Morgan fingerprint density at radius 1 is 1.36 bits per heavy atom. The van der Waals surface area contributed by atoms with Crippen molar-refractivity contribution in [1.29, 1.82) is 0 Å². The number of methoxy groups -OCH3 is 1. The number of carbonyl (C=O) groups is 2. The van der Waals surface area contributed by atoms with Crippen molar-refractivity contribution < 1.29 is 14.3 Å². The van der Waals surface area contributed by atoms with Crippen LogP contribution in [0.1, 0.15) is 12.8 Å². The zero-order valence-corrected chi connectivity index (χ0v) is 14.2. The van der Waals surface area contributed by atoms with Gasteiger partial charge in [0.05, 0.1) is 19.4 Å². The predicted octanol–water partition coefficient (Wildman–Crippen LogP) is 1.45. The molecule has 0 aliphatic carbocycles. The van der Waals surface area contributed by atoms with E-state index in [0.29, 0.717) is 13.1 Å². The van der Waals surface area contributed by atoms with E-state index in [1.54, 1.807) is 24.5 Å². The Kier molecular flexibility index (Phi) is 5.33. The van der Waals surface area contributed by atoms with Crippen LogP contribution in [0.3, 0.4) is 0 Å². The standard InChI is InChI=1S/C18H22N4O3/c1-25-16-5-3-15(4-6-16)22-12-14(11-17(22)23)18(24)20-7-2-9-21-10-8-19-13-21/h3-6,8,10,13-14H,2,7,9,11-12H2,1H3,(H,20,24)/t14-/m0/s1. The van der Waals surface area contributed by atoms with Crippen molar-refractivity contribution >= 4 is 17.5 Å². The molecule has 0 saturated carbocycles. The molecule has 132 valence electrons. The van der Waals surface area contributed by atoms with Crippen molar-refractivity contribution in [2.75, 3.05) is 25.1 Å². The van der Waals surface area contributed by atoms with Gasteiger partial charge in [-0.05, 0) is 30.7 Å². The zero-order valence-electron chi connectivity index (χ0n) is 14.2. The molecule has 1 N–H and O–H groups in total. The molecule has 2 heterocycles. The Balaban J connectivity index is 1.48. The SMILES string of the molecule is COc1ccc(N2C[C@@H](C(=O)NCCCn3ccnc3)CC2=O)cc1. The fourth-order valence-electron chi connectivity index (χ4n) is 2.93. The van der Waals surface area contributed by atoms with E-state index in [1.807, 2.05) is 35.0 Å². The second kappa shape index (κ2) is 7.83. The lowest BCUT2D eigenvalue weighted by Gasteiger charge is -2.17. The van der Waals surface area contributed by atoms with Gasteiger partial charge in [0, 0.05) is 44.1 Å². The van der Waals surface area contributed by atoms with E-state index in [4.69, 9.17) is 4.74 Å². The molecule has 0 bridgehead atoms. The molecule has 0 radical (unpaired) electrons. The number of aromatic nitrogens is 2. The maximum atomic E-state index is 12.3. The summed E-state index contributed by atoms with van der Waals surface area (Å²) in [5.74, 6) is 0.351. The van der Waals surface area contributed by atoms with Gasteiger partial charge in [0.15, 0.2) is 0 Å². The average Bonchev–Trinajstić information content (AvgIpc) is 3.28. The monoisotopic (exact) mass is 342 g/mol. The number of hydrogen-bond acceptors (Lipinski definition) is 4. The summed E-state index contributed by atoms with van der Waals surface area (Å²) in [6.45, 7) is 1.81. The highest BCUT2D eigenvalue weighted by molar-refractivity contribution is 6.00. The highest BCUT2D eigenvalue weighted by Crippen LogP contribution is 2.26. The van der Waals surface area contributed by atoms with Crippen LogP contribution in [0.25, 0.3) is 0 Å². The van der Waals surface area contributed by atoms with Crippen LogP contribution in [0, 0.1) is 5.92 Å². The summed E-state index contributed by atoms with van der Waals surface area (Å²) in [5, 5.41) is 2.93. The Morgan fingerprint density at radius 2 is 2.16 bits per heavy atom. The van der Waals surface area contributed by atoms with Crippen molar-refractivity contribution in [2.24, 2.45) is 5.92 Å². The van der Waals surface area contributed by atoms with E-state index in [-0.39, 0.29) is 24.2 Å².